The summed E-state index contributed by atoms with van der Waals surface area (Å²) in [6.45, 7) is 1.85. The van der Waals surface area contributed by atoms with Crippen LogP contribution in [0.5, 0.6) is 5.75 Å². The molecule has 0 aliphatic carbocycles. The number of hydrogen-bond donors (Lipinski definition) is 2. The SMILES string of the molecule is C[C@H](O)c1ccccc1OCC(O)c1ccccc1. The van der Waals surface area contributed by atoms with Crippen LogP contribution in [0.15, 0.2) is 54.6 Å². The molecule has 1 unspecified atom stereocenters. The predicted molar refractivity (Wildman–Crippen MR) is 74.0 cm³/mol. The number of ether oxygens (including phenoxy) is 1. The molecule has 3 heteroatoms. The summed E-state index contributed by atoms with van der Waals surface area (Å²) in [7, 11) is 0. The Bertz CT molecular complexity index is 508. The molecule has 0 bridgehead atoms. The molecule has 0 heterocycles. The monoisotopic (exact) mass is 258 g/mol. The molecule has 2 aromatic rings. The van der Waals surface area contributed by atoms with Gasteiger partial charge in [-0.1, -0.05) is 48.5 Å². The van der Waals surface area contributed by atoms with Gasteiger partial charge in [-0.3, -0.25) is 0 Å². The largest absolute Gasteiger partial charge is 0.490 e. The second-order valence-electron chi connectivity index (χ2n) is 4.45. The van der Waals surface area contributed by atoms with Gasteiger partial charge in [0, 0.05) is 5.56 Å². The van der Waals surface area contributed by atoms with E-state index >= 15 is 0 Å². The van der Waals surface area contributed by atoms with Gasteiger partial charge < -0.3 is 14.9 Å². The van der Waals surface area contributed by atoms with Crippen LogP contribution < -0.4 is 4.74 Å². The molecule has 0 aliphatic rings. The quantitative estimate of drug-likeness (QED) is 0.867. The van der Waals surface area contributed by atoms with E-state index < -0.39 is 12.2 Å². The molecule has 2 atom stereocenters. The lowest BCUT2D eigenvalue weighted by Gasteiger charge is -2.16. The highest BCUT2D eigenvalue weighted by atomic mass is 16.5. The molecule has 0 radical (unpaired) electrons. The van der Waals surface area contributed by atoms with E-state index in [9.17, 15) is 10.2 Å². The zero-order valence-corrected chi connectivity index (χ0v) is 10.9. The number of aliphatic hydroxyl groups is 2. The molecule has 0 spiro atoms. The van der Waals surface area contributed by atoms with Gasteiger partial charge in [-0.05, 0) is 18.6 Å². The highest BCUT2D eigenvalue weighted by molar-refractivity contribution is 5.34. The van der Waals surface area contributed by atoms with Gasteiger partial charge >= 0.3 is 0 Å². The van der Waals surface area contributed by atoms with E-state index in [0.717, 1.165) is 11.1 Å². The summed E-state index contributed by atoms with van der Waals surface area (Å²) >= 11 is 0. The molecule has 0 saturated carbocycles. The van der Waals surface area contributed by atoms with Crippen LogP contribution in [0.2, 0.25) is 0 Å². The van der Waals surface area contributed by atoms with E-state index in [2.05, 4.69) is 0 Å². The van der Waals surface area contributed by atoms with Crippen LogP contribution in [-0.4, -0.2) is 16.8 Å². The molecular formula is C16H18O3. The summed E-state index contributed by atoms with van der Waals surface area (Å²) in [5, 5.41) is 19.7. The lowest BCUT2D eigenvalue weighted by atomic mass is 10.1. The molecular weight excluding hydrogens is 240 g/mol. The van der Waals surface area contributed by atoms with E-state index in [-0.39, 0.29) is 6.61 Å². The Balaban J connectivity index is 2.03. The molecule has 3 nitrogen and oxygen atoms in total. The van der Waals surface area contributed by atoms with Crippen molar-refractivity contribution in [3.05, 3.63) is 65.7 Å². The van der Waals surface area contributed by atoms with E-state index in [0.29, 0.717) is 5.75 Å². The van der Waals surface area contributed by atoms with Crippen molar-refractivity contribution in [2.24, 2.45) is 0 Å². The van der Waals surface area contributed by atoms with Gasteiger partial charge in [-0.25, -0.2) is 0 Å². The fraction of sp³-hybridized carbons (Fsp3) is 0.250. The molecule has 0 aromatic heterocycles. The lowest BCUT2D eigenvalue weighted by molar-refractivity contribution is 0.105. The van der Waals surface area contributed by atoms with E-state index in [4.69, 9.17) is 4.74 Å². The van der Waals surface area contributed by atoms with Crippen molar-refractivity contribution in [1.29, 1.82) is 0 Å². The summed E-state index contributed by atoms with van der Waals surface area (Å²) < 4.78 is 5.60. The van der Waals surface area contributed by atoms with Crippen LogP contribution in [0.3, 0.4) is 0 Å². The highest BCUT2D eigenvalue weighted by Crippen LogP contribution is 2.25. The second kappa shape index (κ2) is 6.36. The van der Waals surface area contributed by atoms with Crippen LogP contribution in [0.25, 0.3) is 0 Å². The van der Waals surface area contributed by atoms with Crippen molar-refractivity contribution >= 4 is 0 Å². The third-order valence-corrected chi connectivity index (χ3v) is 2.95. The average molecular weight is 258 g/mol. The third-order valence-electron chi connectivity index (χ3n) is 2.95. The Hall–Kier alpha value is -1.84. The summed E-state index contributed by atoms with van der Waals surface area (Å²) in [6, 6.07) is 16.7. The zero-order valence-electron chi connectivity index (χ0n) is 10.9. The topological polar surface area (TPSA) is 49.7 Å². The Morgan fingerprint density at radius 1 is 0.947 bits per heavy atom. The van der Waals surface area contributed by atoms with Crippen molar-refractivity contribution in [1.82, 2.24) is 0 Å². The molecule has 2 aromatic carbocycles. The number of hydrogen-bond acceptors (Lipinski definition) is 3. The van der Waals surface area contributed by atoms with Crippen molar-refractivity contribution in [3.8, 4) is 5.75 Å². The first-order chi connectivity index (χ1) is 9.18. The first kappa shape index (κ1) is 13.6. The summed E-state index contributed by atoms with van der Waals surface area (Å²) in [5.74, 6) is 0.604. The maximum absolute atomic E-state index is 10.0. The van der Waals surface area contributed by atoms with Gasteiger partial charge in [0.2, 0.25) is 0 Å². The van der Waals surface area contributed by atoms with Crippen molar-refractivity contribution in [3.63, 3.8) is 0 Å². The fourth-order valence-electron chi connectivity index (χ4n) is 1.90. The number of benzene rings is 2. The molecule has 0 fully saturated rings. The molecule has 100 valence electrons. The number of para-hydroxylation sites is 1. The Morgan fingerprint density at radius 3 is 2.26 bits per heavy atom. The molecule has 2 N–H and O–H groups in total. The zero-order chi connectivity index (χ0) is 13.7. The summed E-state index contributed by atoms with van der Waals surface area (Å²) in [4.78, 5) is 0. The van der Waals surface area contributed by atoms with Crippen LogP contribution in [0.4, 0.5) is 0 Å². The smallest absolute Gasteiger partial charge is 0.125 e. The molecule has 2 rings (SSSR count). The van der Waals surface area contributed by atoms with Crippen molar-refractivity contribution in [2.75, 3.05) is 6.61 Å². The minimum Gasteiger partial charge on any atom is -0.490 e. The van der Waals surface area contributed by atoms with Gasteiger partial charge in [0.25, 0.3) is 0 Å². The van der Waals surface area contributed by atoms with Gasteiger partial charge in [0.05, 0.1) is 6.10 Å². The van der Waals surface area contributed by atoms with Crippen LogP contribution in [0.1, 0.15) is 30.3 Å². The van der Waals surface area contributed by atoms with E-state index in [1.165, 1.54) is 0 Å². The fourth-order valence-corrected chi connectivity index (χ4v) is 1.90. The molecule has 0 saturated heterocycles. The van der Waals surface area contributed by atoms with Crippen LogP contribution in [-0.2, 0) is 0 Å². The molecule has 0 aliphatic heterocycles. The lowest BCUT2D eigenvalue weighted by Crippen LogP contribution is -2.11. The Labute approximate surface area is 113 Å². The maximum atomic E-state index is 10.0. The first-order valence-corrected chi connectivity index (χ1v) is 6.31. The number of aliphatic hydroxyl groups excluding tert-OH is 2. The van der Waals surface area contributed by atoms with Gasteiger partial charge in [0.15, 0.2) is 0 Å². The average Bonchev–Trinajstić information content (AvgIpc) is 2.46. The van der Waals surface area contributed by atoms with Crippen molar-refractivity contribution in [2.45, 2.75) is 19.1 Å². The first-order valence-electron chi connectivity index (χ1n) is 6.31. The summed E-state index contributed by atoms with van der Waals surface area (Å²) in [6.07, 6.45) is -1.27. The highest BCUT2D eigenvalue weighted by Gasteiger charge is 2.11. The van der Waals surface area contributed by atoms with Gasteiger partial charge in [-0.2, -0.15) is 0 Å². The number of rotatable bonds is 5. The minimum atomic E-state index is -0.678. The van der Waals surface area contributed by atoms with Gasteiger partial charge in [-0.15, -0.1) is 0 Å². The normalized spacial score (nSPS) is 13.8. The molecule has 19 heavy (non-hydrogen) atoms. The Kier molecular flexibility index (Phi) is 4.55. The second-order valence-corrected chi connectivity index (χ2v) is 4.45. The maximum Gasteiger partial charge on any atom is 0.125 e. The predicted octanol–water partition coefficient (Wildman–Crippen LogP) is 2.85. The van der Waals surface area contributed by atoms with Crippen molar-refractivity contribution < 1.29 is 14.9 Å². The minimum absolute atomic E-state index is 0.160. The van der Waals surface area contributed by atoms with Crippen LogP contribution in [0, 0.1) is 0 Å². The van der Waals surface area contributed by atoms with E-state index in [1.807, 2.05) is 48.5 Å². The Morgan fingerprint density at radius 2 is 1.58 bits per heavy atom. The van der Waals surface area contributed by atoms with E-state index in [1.54, 1.807) is 13.0 Å². The summed E-state index contributed by atoms with van der Waals surface area (Å²) in [5.41, 5.74) is 1.54. The molecule has 0 amide bonds. The standard InChI is InChI=1S/C16H18O3/c1-12(17)14-9-5-6-10-16(14)19-11-15(18)13-7-3-2-4-8-13/h2-10,12,15,17-18H,11H2,1H3/t12-,15?/m0/s1. The van der Waals surface area contributed by atoms with Crippen LogP contribution >= 0.6 is 0 Å². The van der Waals surface area contributed by atoms with Gasteiger partial charge in [0.1, 0.15) is 18.5 Å². The third kappa shape index (κ3) is 3.56.